The number of ether oxygens (including phenoxy) is 2. The number of para-hydroxylation sites is 1. The van der Waals surface area contributed by atoms with Crippen molar-refractivity contribution in [3.63, 3.8) is 0 Å². The lowest BCUT2D eigenvalue weighted by atomic mass is 9.99. The molecule has 1 fully saturated rings. The second-order valence-electron chi connectivity index (χ2n) is 9.95. The molecule has 0 saturated carbocycles. The fourth-order valence-electron chi connectivity index (χ4n) is 4.93. The predicted molar refractivity (Wildman–Crippen MR) is 135 cm³/mol. The number of fused-ring (bicyclic) bond motifs is 3. The van der Waals surface area contributed by atoms with Crippen LogP contribution in [0.5, 0.6) is 0 Å². The normalized spacial score (nSPS) is 15.2. The van der Waals surface area contributed by atoms with Gasteiger partial charge in [-0.2, -0.15) is 0 Å². The number of hydrogen-bond donors (Lipinski definition) is 1. The third kappa shape index (κ3) is 4.97. The van der Waals surface area contributed by atoms with Crippen molar-refractivity contribution in [1.29, 1.82) is 0 Å². The van der Waals surface area contributed by atoms with Gasteiger partial charge in [-0.05, 0) is 52.5 Å². The number of carbonyl (C=O) groups excluding carboxylic acids is 1. The topological polar surface area (TPSA) is 95.5 Å². The number of hydrogen-bond acceptors (Lipinski definition) is 6. The van der Waals surface area contributed by atoms with Gasteiger partial charge in [0.2, 0.25) is 0 Å². The van der Waals surface area contributed by atoms with Gasteiger partial charge in [-0.15, -0.1) is 0 Å². The van der Waals surface area contributed by atoms with Crippen molar-refractivity contribution >= 4 is 33.8 Å². The summed E-state index contributed by atoms with van der Waals surface area (Å²) in [5.41, 5.74) is 8.62. The van der Waals surface area contributed by atoms with E-state index in [2.05, 4.69) is 43.3 Å². The lowest BCUT2D eigenvalue weighted by molar-refractivity contribution is -0.00506. The lowest BCUT2D eigenvalue weighted by Crippen LogP contribution is -2.53. The number of pyridine rings is 1. The highest BCUT2D eigenvalue weighted by Crippen LogP contribution is 2.29. The number of unbranched alkanes of at least 4 members (excludes halogenated alkanes) is 1. The summed E-state index contributed by atoms with van der Waals surface area (Å²) in [5, 5.41) is 1.06. The molecule has 1 amide bonds. The quantitative estimate of drug-likeness (QED) is 0.495. The maximum Gasteiger partial charge on any atom is 0.410 e. The SMILES string of the molecule is CCc1nc2c(N)nc3ccccc3c2n1CCCCOC(=O)N(C1CCOCC1)C(C)(C)C. The molecule has 1 saturated heterocycles. The van der Waals surface area contributed by atoms with Gasteiger partial charge in [0.15, 0.2) is 5.82 Å². The summed E-state index contributed by atoms with van der Waals surface area (Å²) < 4.78 is 13.5. The van der Waals surface area contributed by atoms with Crippen LogP contribution in [0.1, 0.15) is 59.2 Å². The molecule has 2 N–H and O–H groups in total. The number of aryl methyl sites for hydroxylation is 2. The Balaban J connectivity index is 1.42. The largest absolute Gasteiger partial charge is 0.449 e. The lowest BCUT2D eigenvalue weighted by Gasteiger charge is -2.42. The molecule has 1 aliphatic heterocycles. The average Bonchev–Trinajstić information content (AvgIpc) is 3.18. The molecule has 1 aromatic carbocycles. The Morgan fingerprint density at radius 3 is 2.65 bits per heavy atom. The summed E-state index contributed by atoms with van der Waals surface area (Å²) in [6.07, 6.45) is 3.93. The van der Waals surface area contributed by atoms with Gasteiger partial charge in [-0.1, -0.05) is 25.1 Å². The first-order valence-corrected chi connectivity index (χ1v) is 12.4. The Morgan fingerprint density at radius 1 is 1.21 bits per heavy atom. The van der Waals surface area contributed by atoms with Crippen molar-refractivity contribution in [3.8, 4) is 0 Å². The minimum atomic E-state index is -0.292. The molecule has 0 aliphatic carbocycles. The van der Waals surface area contributed by atoms with Crippen LogP contribution in [0, 0.1) is 0 Å². The molecular formula is C26H37N5O3. The number of imidazole rings is 1. The number of nitrogens with two attached hydrogens (primary N) is 1. The number of nitrogens with zero attached hydrogens (tertiary/aromatic N) is 4. The van der Waals surface area contributed by atoms with E-state index in [4.69, 9.17) is 20.2 Å². The monoisotopic (exact) mass is 467 g/mol. The van der Waals surface area contributed by atoms with Gasteiger partial charge in [0.25, 0.3) is 0 Å². The summed E-state index contributed by atoms with van der Waals surface area (Å²) in [6.45, 7) is 10.8. The highest BCUT2D eigenvalue weighted by atomic mass is 16.6. The maximum absolute atomic E-state index is 13.0. The number of anilines is 1. The van der Waals surface area contributed by atoms with Crippen LogP contribution in [-0.2, 0) is 22.4 Å². The molecule has 3 heterocycles. The van der Waals surface area contributed by atoms with Crippen molar-refractivity contribution in [1.82, 2.24) is 19.4 Å². The second-order valence-corrected chi connectivity index (χ2v) is 9.95. The number of benzene rings is 1. The molecule has 0 spiro atoms. The first-order chi connectivity index (χ1) is 16.3. The van der Waals surface area contributed by atoms with Crippen molar-refractivity contribution in [2.24, 2.45) is 0 Å². The third-order valence-corrected chi connectivity index (χ3v) is 6.48. The second kappa shape index (κ2) is 10.2. The van der Waals surface area contributed by atoms with E-state index in [0.717, 1.165) is 66.4 Å². The molecule has 0 unspecified atom stereocenters. The van der Waals surface area contributed by atoms with Crippen LogP contribution in [0.25, 0.3) is 21.9 Å². The zero-order valence-electron chi connectivity index (χ0n) is 20.8. The van der Waals surface area contributed by atoms with Gasteiger partial charge in [0.05, 0.1) is 17.6 Å². The number of aromatic nitrogens is 3. The maximum atomic E-state index is 13.0. The number of nitrogen functional groups attached to an aromatic ring is 1. The Morgan fingerprint density at radius 2 is 1.94 bits per heavy atom. The van der Waals surface area contributed by atoms with Gasteiger partial charge in [-0.25, -0.2) is 14.8 Å². The van der Waals surface area contributed by atoms with Crippen LogP contribution in [0.15, 0.2) is 24.3 Å². The zero-order chi connectivity index (χ0) is 24.3. The molecule has 0 atom stereocenters. The molecule has 0 bridgehead atoms. The van der Waals surface area contributed by atoms with E-state index < -0.39 is 0 Å². The molecular weight excluding hydrogens is 430 g/mol. The van der Waals surface area contributed by atoms with Gasteiger partial charge < -0.3 is 24.7 Å². The molecule has 0 radical (unpaired) electrons. The summed E-state index contributed by atoms with van der Waals surface area (Å²) in [5.74, 6) is 1.46. The zero-order valence-corrected chi connectivity index (χ0v) is 20.8. The fraction of sp³-hybridized carbons (Fsp3) is 0.577. The van der Waals surface area contributed by atoms with E-state index in [1.165, 1.54) is 0 Å². The minimum absolute atomic E-state index is 0.165. The molecule has 3 aromatic rings. The highest BCUT2D eigenvalue weighted by molar-refractivity contribution is 6.06. The van der Waals surface area contributed by atoms with Crippen LogP contribution < -0.4 is 5.73 Å². The number of amides is 1. The van der Waals surface area contributed by atoms with Crippen molar-refractivity contribution in [2.75, 3.05) is 25.6 Å². The van der Waals surface area contributed by atoms with Gasteiger partial charge in [-0.3, -0.25) is 0 Å². The third-order valence-electron chi connectivity index (χ3n) is 6.48. The fourth-order valence-corrected chi connectivity index (χ4v) is 4.93. The van der Waals surface area contributed by atoms with Crippen LogP contribution in [0.2, 0.25) is 0 Å². The molecule has 34 heavy (non-hydrogen) atoms. The van der Waals surface area contributed by atoms with Crippen molar-refractivity contribution < 1.29 is 14.3 Å². The number of rotatable bonds is 7. The van der Waals surface area contributed by atoms with Gasteiger partial charge >= 0.3 is 6.09 Å². The highest BCUT2D eigenvalue weighted by Gasteiger charge is 2.35. The van der Waals surface area contributed by atoms with Crippen LogP contribution in [0.3, 0.4) is 0 Å². The standard InChI is InChI=1S/C26H37N5O3/c1-5-21-29-22-23(19-10-6-7-11-20(19)28-24(22)27)30(21)14-8-9-15-34-25(32)31(26(2,3)4)18-12-16-33-17-13-18/h6-7,10-11,18H,5,8-9,12-17H2,1-4H3,(H2,27,28). The summed E-state index contributed by atoms with van der Waals surface area (Å²) >= 11 is 0. The van der Waals surface area contributed by atoms with E-state index in [9.17, 15) is 4.79 Å². The first kappa shape index (κ1) is 24.3. The van der Waals surface area contributed by atoms with E-state index in [1.54, 1.807) is 0 Å². The molecule has 1 aliphatic rings. The minimum Gasteiger partial charge on any atom is -0.449 e. The Kier molecular flexibility index (Phi) is 7.26. The van der Waals surface area contributed by atoms with Crippen LogP contribution in [-0.4, -0.2) is 56.9 Å². The Hall–Kier alpha value is -2.87. The average molecular weight is 468 g/mol. The Bertz CT molecular complexity index is 1140. The van der Waals surface area contributed by atoms with Crippen LogP contribution in [0.4, 0.5) is 10.6 Å². The van der Waals surface area contributed by atoms with Gasteiger partial charge in [0, 0.05) is 43.1 Å². The summed E-state index contributed by atoms with van der Waals surface area (Å²) in [4.78, 5) is 24.2. The molecule has 8 heteroatoms. The summed E-state index contributed by atoms with van der Waals surface area (Å²) in [7, 11) is 0. The Labute approximate surface area is 201 Å². The van der Waals surface area contributed by atoms with Gasteiger partial charge in [0.1, 0.15) is 11.3 Å². The van der Waals surface area contributed by atoms with E-state index in [-0.39, 0.29) is 17.7 Å². The summed E-state index contributed by atoms with van der Waals surface area (Å²) in [6, 6.07) is 8.20. The van der Waals surface area contributed by atoms with E-state index in [0.29, 0.717) is 25.6 Å². The van der Waals surface area contributed by atoms with Crippen LogP contribution >= 0.6 is 0 Å². The van der Waals surface area contributed by atoms with Crippen molar-refractivity contribution in [3.05, 3.63) is 30.1 Å². The number of carbonyl (C=O) groups is 1. The molecule has 4 rings (SSSR count). The van der Waals surface area contributed by atoms with Crippen molar-refractivity contribution in [2.45, 2.75) is 77.9 Å². The first-order valence-electron chi connectivity index (χ1n) is 12.4. The van der Waals surface area contributed by atoms with E-state index >= 15 is 0 Å². The predicted octanol–water partition coefficient (Wildman–Crippen LogP) is 4.93. The molecule has 184 valence electrons. The van der Waals surface area contributed by atoms with E-state index in [1.807, 2.05) is 23.1 Å². The molecule has 8 nitrogen and oxygen atoms in total. The smallest absolute Gasteiger partial charge is 0.410 e. The molecule has 2 aromatic heterocycles.